The van der Waals surface area contributed by atoms with Crippen molar-refractivity contribution in [1.29, 1.82) is 0 Å². The molecule has 1 N–H and O–H groups in total. The number of morpholine rings is 1. The first-order valence-corrected chi connectivity index (χ1v) is 10.6. The summed E-state index contributed by atoms with van der Waals surface area (Å²) in [6.07, 6.45) is 2.01. The van der Waals surface area contributed by atoms with Crippen molar-refractivity contribution in [2.24, 2.45) is 16.8 Å². The van der Waals surface area contributed by atoms with Crippen LogP contribution in [0, 0.1) is 11.8 Å². The summed E-state index contributed by atoms with van der Waals surface area (Å²) in [7, 11) is 0. The van der Waals surface area contributed by atoms with Gasteiger partial charge in [0, 0.05) is 39.3 Å². The topological polar surface area (TPSA) is 66.4 Å². The Bertz CT molecular complexity index is 484. The minimum Gasteiger partial charge on any atom is -0.466 e. The summed E-state index contributed by atoms with van der Waals surface area (Å²) < 4.78 is 11.1. The average Bonchev–Trinajstić information content (AvgIpc) is 2.65. The number of esters is 1. The van der Waals surface area contributed by atoms with Crippen molar-refractivity contribution >= 4 is 11.9 Å². The lowest BCUT2D eigenvalue weighted by Crippen LogP contribution is -2.49. The Kier molecular flexibility index (Phi) is 9.34. The second-order valence-corrected chi connectivity index (χ2v) is 7.88. The number of likely N-dealkylation sites (tertiary alicyclic amines) is 1. The molecule has 2 fully saturated rings. The van der Waals surface area contributed by atoms with Gasteiger partial charge in [0.2, 0.25) is 0 Å². The van der Waals surface area contributed by atoms with Crippen molar-refractivity contribution in [1.82, 2.24) is 15.1 Å². The monoisotopic (exact) mass is 382 g/mol. The lowest BCUT2D eigenvalue weighted by molar-refractivity contribution is -0.149. The van der Waals surface area contributed by atoms with Gasteiger partial charge in [-0.15, -0.1) is 0 Å². The number of hydrogen-bond acceptors (Lipinski definition) is 5. The summed E-state index contributed by atoms with van der Waals surface area (Å²) in [6.45, 7) is 15.8. The van der Waals surface area contributed by atoms with E-state index in [0.717, 1.165) is 58.1 Å². The number of aliphatic imine (C=N–C) groups is 1. The first-order valence-electron chi connectivity index (χ1n) is 10.6. The molecule has 2 rings (SSSR count). The molecule has 0 bridgehead atoms. The fourth-order valence-corrected chi connectivity index (χ4v) is 3.81. The van der Waals surface area contributed by atoms with Gasteiger partial charge in [0.25, 0.3) is 0 Å². The molecule has 0 aliphatic carbocycles. The van der Waals surface area contributed by atoms with E-state index in [4.69, 9.17) is 14.5 Å². The molecule has 2 aliphatic rings. The third kappa shape index (κ3) is 7.30. The van der Waals surface area contributed by atoms with Gasteiger partial charge in [-0.1, -0.05) is 13.8 Å². The molecule has 156 valence electrons. The van der Waals surface area contributed by atoms with E-state index in [9.17, 15) is 4.79 Å². The van der Waals surface area contributed by atoms with E-state index >= 15 is 0 Å². The van der Waals surface area contributed by atoms with Gasteiger partial charge in [-0.25, -0.2) is 0 Å². The summed E-state index contributed by atoms with van der Waals surface area (Å²) >= 11 is 0. The second kappa shape index (κ2) is 11.5. The van der Waals surface area contributed by atoms with Crippen molar-refractivity contribution in [3.63, 3.8) is 0 Å². The number of carbonyl (C=O) groups is 1. The molecular weight excluding hydrogens is 344 g/mol. The lowest BCUT2D eigenvalue weighted by Gasteiger charge is -2.35. The van der Waals surface area contributed by atoms with E-state index in [0.29, 0.717) is 25.6 Å². The van der Waals surface area contributed by atoms with Gasteiger partial charge in [-0.2, -0.15) is 0 Å². The number of nitrogens with zero attached hydrogens (tertiary/aromatic N) is 3. The van der Waals surface area contributed by atoms with Crippen LogP contribution >= 0.6 is 0 Å². The molecule has 2 unspecified atom stereocenters. The van der Waals surface area contributed by atoms with Crippen LogP contribution in [-0.2, 0) is 14.3 Å². The van der Waals surface area contributed by atoms with Crippen molar-refractivity contribution in [2.75, 3.05) is 59.0 Å². The summed E-state index contributed by atoms with van der Waals surface area (Å²) in [5.41, 5.74) is 0. The third-order valence-electron chi connectivity index (χ3n) is 4.97. The van der Waals surface area contributed by atoms with Gasteiger partial charge in [0.05, 0.1) is 31.8 Å². The Hall–Kier alpha value is -1.34. The highest BCUT2D eigenvalue weighted by Gasteiger charge is 2.29. The maximum atomic E-state index is 12.1. The van der Waals surface area contributed by atoms with Gasteiger partial charge in [-0.05, 0) is 32.6 Å². The molecule has 0 saturated carbocycles. The Morgan fingerprint density at radius 2 is 2.11 bits per heavy atom. The zero-order valence-electron chi connectivity index (χ0n) is 17.6. The molecule has 27 heavy (non-hydrogen) atoms. The highest BCUT2D eigenvalue weighted by Crippen LogP contribution is 2.18. The van der Waals surface area contributed by atoms with Crippen molar-refractivity contribution in [3.05, 3.63) is 0 Å². The Morgan fingerprint density at radius 1 is 1.30 bits per heavy atom. The summed E-state index contributed by atoms with van der Waals surface area (Å²) in [4.78, 5) is 21.6. The largest absolute Gasteiger partial charge is 0.466 e. The van der Waals surface area contributed by atoms with Gasteiger partial charge < -0.3 is 19.7 Å². The Labute approximate surface area is 164 Å². The van der Waals surface area contributed by atoms with Gasteiger partial charge in [0.1, 0.15) is 0 Å². The molecule has 0 spiro atoms. The molecule has 2 saturated heterocycles. The number of hydrogen-bond donors (Lipinski definition) is 1. The Morgan fingerprint density at radius 3 is 2.81 bits per heavy atom. The maximum Gasteiger partial charge on any atom is 0.310 e. The predicted molar refractivity (Wildman–Crippen MR) is 108 cm³/mol. The Balaban J connectivity index is 1.93. The molecule has 0 aromatic rings. The zero-order valence-corrected chi connectivity index (χ0v) is 17.6. The standard InChI is InChI=1S/C20H38N4O3/c1-5-21-20(24-9-7-8-17(14-24)19(25)26-6-2)22-12-18-15-23(10-11-27-18)13-16(3)4/h16-18H,5-15H2,1-4H3,(H,21,22). The smallest absolute Gasteiger partial charge is 0.310 e. The van der Waals surface area contributed by atoms with Gasteiger partial charge in [-0.3, -0.25) is 14.7 Å². The maximum absolute atomic E-state index is 12.1. The van der Waals surface area contributed by atoms with Crippen molar-refractivity contribution in [2.45, 2.75) is 46.6 Å². The van der Waals surface area contributed by atoms with E-state index in [1.807, 2.05) is 6.92 Å². The number of carbonyl (C=O) groups excluding carboxylic acids is 1. The number of ether oxygens (including phenoxy) is 2. The van der Waals surface area contributed by atoms with Gasteiger partial charge >= 0.3 is 5.97 Å². The number of piperidine rings is 1. The van der Waals surface area contributed by atoms with Crippen LogP contribution in [0.1, 0.15) is 40.5 Å². The fraction of sp³-hybridized carbons (Fsp3) is 0.900. The van der Waals surface area contributed by atoms with Crippen LogP contribution in [0.25, 0.3) is 0 Å². The first kappa shape index (κ1) is 22.0. The molecule has 0 radical (unpaired) electrons. The number of nitrogens with one attached hydrogen (secondary N) is 1. The van der Waals surface area contributed by atoms with Crippen LogP contribution < -0.4 is 5.32 Å². The number of guanidine groups is 1. The minimum absolute atomic E-state index is 0.0602. The van der Waals surface area contributed by atoms with E-state index < -0.39 is 0 Å². The fourth-order valence-electron chi connectivity index (χ4n) is 3.81. The quantitative estimate of drug-likeness (QED) is 0.410. The molecule has 0 aromatic carbocycles. The number of rotatable bonds is 7. The molecular formula is C20H38N4O3. The molecule has 0 amide bonds. The first-order chi connectivity index (χ1) is 13.0. The average molecular weight is 383 g/mol. The normalized spacial score (nSPS) is 24.9. The summed E-state index contributed by atoms with van der Waals surface area (Å²) in [6, 6.07) is 0. The van der Waals surface area contributed by atoms with Crippen LogP contribution in [0.3, 0.4) is 0 Å². The summed E-state index contributed by atoms with van der Waals surface area (Å²) in [5, 5.41) is 3.38. The van der Waals surface area contributed by atoms with Crippen LogP contribution in [-0.4, -0.2) is 86.9 Å². The zero-order chi connectivity index (χ0) is 19.6. The van der Waals surface area contributed by atoms with Crippen LogP contribution in [0.4, 0.5) is 0 Å². The van der Waals surface area contributed by atoms with E-state index in [1.54, 1.807) is 0 Å². The molecule has 7 nitrogen and oxygen atoms in total. The van der Waals surface area contributed by atoms with Crippen LogP contribution in [0.15, 0.2) is 4.99 Å². The van der Waals surface area contributed by atoms with Crippen LogP contribution in [0.5, 0.6) is 0 Å². The van der Waals surface area contributed by atoms with E-state index in [-0.39, 0.29) is 18.0 Å². The highest BCUT2D eigenvalue weighted by atomic mass is 16.5. The third-order valence-corrected chi connectivity index (χ3v) is 4.97. The predicted octanol–water partition coefficient (Wildman–Crippen LogP) is 1.58. The SMILES string of the molecule is CCNC(=NCC1CN(CC(C)C)CCO1)N1CCCC(C(=O)OCC)C1. The van der Waals surface area contributed by atoms with Gasteiger partial charge in [0.15, 0.2) is 5.96 Å². The lowest BCUT2D eigenvalue weighted by atomic mass is 9.98. The van der Waals surface area contributed by atoms with E-state index in [1.165, 1.54) is 0 Å². The molecule has 2 heterocycles. The molecule has 2 atom stereocenters. The minimum atomic E-state index is -0.0852. The second-order valence-electron chi connectivity index (χ2n) is 7.88. The van der Waals surface area contributed by atoms with Crippen LogP contribution in [0.2, 0.25) is 0 Å². The van der Waals surface area contributed by atoms with Crippen molar-refractivity contribution < 1.29 is 14.3 Å². The van der Waals surface area contributed by atoms with Crippen molar-refractivity contribution in [3.8, 4) is 0 Å². The highest BCUT2D eigenvalue weighted by molar-refractivity contribution is 5.81. The van der Waals surface area contributed by atoms with E-state index in [2.05, 4.69) is 35.9 Å². The molecule has 0 aromatic heterocycles. The molecule has 2 aliphatic heterocycles. The molecule has 7 heteroatoms. The summed E-state index contributed by atoms with van der Waals surface area (Å²) in [5.74, 6) is 1.40.